The molecule has 0 aromatic heterocycles. The van der Waals surface area contributed by atoms with Gasteiger partial charge in [-0.3, -0.25) is 102 Å². The number of rotatable bonds is 27. The number of nitrogens with zero attached hydrogens (tertiary/aromatic N) is 4. The van der Waals surface area contributed by atoms with Crippen LogP contribution in [-0.2, 0) is 130 Å². The Bertz CT molecular complexity index is 5230. The van der Waals surface area contributed by atoms with Crippen molar-refractivity contribution in [3.8, 4) is 5.75 Å². The summed E-state index contributed by atoms with van der Waals surface area (Å²) in [5.74, 6) is -23.9. The van der Waals surface area contributed by atoms with Crippen molar-refractivity contribution < 1.29 is 106 Å². The number of hydrogen-bond acceptors (Lipinski definition) is 24. The number of hydrogen-bond donors (Lipinski definition) is 23. The maximum Gasteiger partial charge on any atom is 0.305 e. The van der Waals surface area contributed by atoms with Crippen LogP contribution in [-0.4, -0.2) is 303 Å². The number of benzene rings is 5. The Morgan fingerprint density at radius 2 is 0.856 bits per heavy atom. The number of amides is 18. The van der Waals surface area contributed by atoms with E-state index in [1.165, 1.54) is 31.3 Å². The van der Waals surface area contributed by atoms with Crippen LogP contribution in [0.5, 0.6) is 5.75 Å². The Morgan fingerprint density at radius 1 is 0.432 bits per heavy atom. The van der Waals surface area contributed by atoms with Gasteiger partial charge in [0.1, 0.15) is 84.3 Å². The number of phenolic OH excluding ortho intramolecular Hbond substituents is 1. The number of nitrogens with one attached hydrogen (secondary N) is 15. The van der Waals surface area contributed by atoms with E-state index in [2.05, 4.69) is 69.1 Å². The minimum absolute atomic E-state index is 0.00419. The van der Waals surface area contributed by atoms with Crippen LogP contribution in [0.1, 0.15) is 106 Å². The number of aliphatic hydroxyl groups excluding tert-OH is 1. The molecule has 7 rings (SSSR count). The lowest BCUT2D eigenvalue weighted by atomic mass is 9.87. The first-order valence-corrected chi connectivity index (χ1v) is 45.7. The molecule has 13 unspecified atom stereocenters. The highest BCUT2D eigenvalue weighted by molar-refractivity contribution is 8.00. The molecule has 0 saturated carbocycles. The van der Waals surface area contributed by atoms with Crippen LogP contribution in [0.25, 0.3) is 0 Å². The number of aromatic hydroxyl groups is 1. The lowest BCUT2D eigenvalue weighted by molar-refractivity contribution is -0.149. The molecular formula is C92H124N24O22S. The van der Waals surface area contributed by atoms with Gasteiger partial charge in [-0.15, -0.1) is 11.8 Å². The normalized spacial score (nSPS) is 22.5. The summed E-state index contributed by atoms with van der Waals surface area (Å²) >= 11 is 0.723. The summed E-state index contributed by atoms with van der Waals surface area (Å²) in [6.07, 6.45) is -5.86. The summed E-state index contributed by atoms with van der Waals surface area (Å²) in [6.45, 7) is 1.44. The predicted molar refractivity (Wildman–Crippen MR) is 506 cm³/mol. The molecule has 5 aromatic carbocycles. The van der Waals surface area contributed by atoms with E-state index >= 15 is 33.6 Å². The zero-order valence-electron chi connectivity index (χ0n) is 77.8. The number of carboxylic acid groups (broad SMARTS) is 1. The van der Waals surface area contributed by atoms with E-state index in [1.807, 2.05) is 0 Å². The zero-order chi connectivity index (χ0) is 102. The average molecular weight is 1950 g/mol. The van der Waals surface area contributed by atoms with Crippen molar-refractivity contribution in [1.29, 1.82) is 10.8 Å². The molecule has 0 spiro atoms. The summed E-state index contributed by atoms with van der Waals surface area (Å²) in [7, 11) is 3.45. The molecule has 750 valence electrons. The Balaban J connectivity index is 1.35. The molecule has 0 bridgehead atoms. The fourth-order valence-corrected chi connectivity index (χ4v) is 16.2. The van der Waals surface area contributed by atoms with E-state index in [-0.39, 0.29) is 82.2 Å². The quantitative estimate of drug-likeness (QED) is 0.0132. The Labute approximate surface area is 805 Å². The third-order valence-electron chi connectivity index (χ3n) is 22.4. The highest BCUT2D eigenvalue weighted by Crippen LogP contribution is 2.28. The van der Waals surface area contributed by atoms with Crippen molar-refractivity contribution in [2.45, 2.75) is 189 Å². The Morgan fingerprint density at radius 3 is 1.39 bits per heavy atom. The molecule has 13 atom stereocenters. The van der Waals surface area contributed by atoms with Gasteiger partial charge in [-0.2, -0.15) is 0 Å². The van der Waals surface area contributed by atoms with Crippen LogP contribution in [0.15, 0.2) is 140 Å². The number of primary amides is 3. The maximum absolute atomic E-state index is 15.4. The molecular weight excluding hydrogens is 1830 g/mol. The van der Waals surface area contributed by atoms with Gasteiger partial charge < -0.3 is 133 Å². The Kier molecular flexibility index (Phi) is 42.9. The highest BCUT2D eigenvalue weighted by atomic mass is 32.2. The van der Waals surface area contributed by atoms with E-state index in [0.717, 1.165) is 45.5 Å². The van der Waals surface area contributed by atoms with Crippen molar-refractivity contribution in [1.82, 2.24) is 88.7 Å². The van der Waals surface area contributed by atoms with Gasteiger partial charge in [-0.25, -0.2) is 0 Å². The molecule has 5 aromatic rings. The third kappa shape index (κ3) is 36.4. The van der Waals surface area contributed by atoms with Crippen molar-refractivity contribution >= 4 is 136 Å². The summed E-state index contributed by atoms with van der Waals surface area (Å²) in [4.78, 5) is 279. The first-order valence-electron chi connectivity index (χ1n) is 44.5. The number of aliphatic hydroxyl groups is 1. The number of likely N-dealkylation sites (N-methyl/N-ethyl adjacent to an activating group) is 3. The van der Waals surface area contributed by atoms with Crippen LogP contribution < -0.4 is 97.8 Å². The number of carbonyl (C=O) groups is 19. The third-order valence-corrected chi connectivity index (χ3v) is 23.5. The molecule has 0 aliphatic carbocycles. The van der Waals surface area contributed by atoms with Crippen molar-refractivity contribution in [2.75, 3.05) is 65.4 Å². The summed E-state index contributed by atoms with van der Waals surface area (Å²) in [5.41, 5.74) is 29.7. The van der Waals surface area contributed by atoms with E-state index in [0.29, 0.717) is 27.8 Å². The molecule has 0 radical (unpaired) electrons. The summed E-state index contributed by atoms with van der Waals surface area (Å²) < 4.78 is 0. The van der Waals surface area contributed by atoms with Gasteiger partial charge in [0, 0.05) is 78.6 Å². The second kappa shape index (κ2) is 53.8. The molecule has 1 saturated heterocycles. The van der Waals surface area contributed by atoms with E-state index in [1.54, 1.807) is 136 Å². The molecule has 47 heteroatoms. The minimum atomic E-state index is -2.11. The number of guanidine groups is 2. The number of phenols is 1. The van der Waals surface area contributed by atoms with E-state index in [4.69, 9.17) is 39.5 Å². The second-order valence-corrected chi connectivity index (χ2v) is 35.8. The molecule has 46 nitrogen and oxygen atoms in total. The van der Waals surface area contributed by atoms with Gasteiger partial charge >= 0.3 is 5.97 Å². The van der Waals surface area contributed by atoms with Crippen LogP contribution in [0.4, 0.5) is 0 Å². The van der Waals surface area contributed by atoms with E-state index in [9.17, 15) is 72.9 Å². The second-order valence-electron chi connectivity index (χ2n) is 34.8. The number of carbonyl (C=O) groups excluding carboxylic acids is 18. The van der Waals surface area contributed by atoms with Gasteiger partial charge in [0.2, 0.25) is 106 Å². The van der Waals surface area contributed by atoms with Crippen LogP contribution >= 0.6 is 11.8 Å². The van der Waals surface area contributed by atoms with Gasteiger partial charge in [0.25, 0.3) is 0 Å². The van der Waals surface area contributed by atoms with Crippen LogP contribution in [0, 0.1) is 16.2 Å². The van der Waals surface area contributed by atoms with Gasteiger partial charge in [-0.05, 0) is 83.0 Å². The largest absolute Gasteiger partial charge is 0.508 e. The van der Waals surface area contributed by atoms with Gasteiger partial charge in [-0.1, -0.05) is 148 Å². The summed E-state index contributed by atoms with van der Waals surface area (Å²) in [6, 6.07) is 12.9. The maximum atomic E-state index is 15.4. The Hall–Kier alpha value is -15.3. The van der Waals surface area contributed by atoms with Gasteiger partial charge in [0.05, 0.1) is 44.7 Å². The molecule has 139 heavy (non-hydrogen) atoms. The first kappa shape index (κ1) is 111. The van der Waals surface area contributed by atoms with Crippen molar-refractivity contribution in [2.24, 2.45) is 34.1 Å². The highest BCUT2D eigenvalue weighted by Gasteiger charge is 2.45. The smallest absolute Gasteiger partial charge is 0.305 e. The standard InChI is InChI=1S/C92H124N24O22S/c1-92(2,3)44-65-81(130)106-61(41-71(93)119)80(129)107-62(37-54-30-32-57(118)33-31-54)86(135)113(4)47-74(122)103-58(28-18-34-100-90(96)97)78(127)108-64(43-76(124)125)89(138)116-46-56-27-17-16-26-55(56)40-70(116)85(134)109-63(42-72(94)120)88(137)115(6)69(39-53-24-14-9-15-25-53)84(133)112-67(77(126)102-45-73(95)121)49-139-50-75(123)104-60(36-51-20-10-7-11-21-51)79(128)105-59(29-19-35-101-91(98)99)87(136)114(5)68(38-52-22-12-8-13-23-52)83(132)111-66(48-117)82(131)110-65/h7-17,20-27,30-33,58-70,117-118H,18-19,28-29,34-50H2,1-6H3,(H2,93,119)(H2,94,120)(H2,95,121)(H,102,126)(H,103,122)(H,104,123)(H,105,128)(H,106,130)(H,107,129)(H,108,127)(H,109,134)(H,110,131)(H,111,132)(H,112,133)(H,124,125)(H4,96,97,100)(H4,98,99,101). The molecule has 18 amide bonds. The first-order chi connectivity index (χ1) is 65.8. The number of carboxylic acids is 1. The fourth-order valence-electron chi connectivity index (χ4n) is 15.3. The number of nitrogens with two attached hydrogens (primary N) is 5. The topological polar surface area (TPSA) is 732 Å². The number of thioether (sulfide) groups is 1. The lowest BCUT2D eigenvalue weighted by Gasteiger charge is -2.39. The average Bonchev–Trinajstić information content (AvgIpc) is 0.777. The zero-order valence-corrected chi connectivity index (χ0v) is 78.6. The number of fused-ring (bicyclic) bond motifs is 2. The van der Waals surface area contributed by atoms with E-state index < -0.39 is 272 Å². The monoisotopic (exact) mass is 1950 g/mol. The van der Waals surface area contributed by atoms with Crippen molar-refractivity contribution in [3.05, 3.63) is 173 Å². The molecule has 2 heterocycles. The summed E-state index contributed by atoms with van der Waals surface area (Å²) in [5, 5.41) is 80.1. The molecule has 2 aliphatic rings. The molecule has 1 fully saturated rings. The predicted octanol–water partition coefficient (Wildman–Crippen LogP) is -5.89. The van der Waals surface area contributed by atoms with Crippen LogP contribution in [0.2, 0.25) is 0 Å². The van der Waals surface area contributed by atoms with Crippen molar-refractivity contribution in [3.63, 3.8) is 0 Å². The SMILES string of the molecule is CN1CC(=O)NC(CCCNC(=N)N)C(=O)NC(CC(=O)O)C(=O)N2Cc3ccccc3CC2C(=O)NC(CC(N)=O)C(=O)N(C)C(Cc2ccccc2)C(=O)NC(C(=O)NCC(N)=O)CSCC(=O)NC(Cc2ccccc2)C(=O)NC(CCCNC(=N)N)C(=O)N(C)C(Cc2ccccc2)C(=O)NC(CO)C(=O)NC(CC(C)(C)C)C(=O)NC(CC(N)=O)C(=O)NC(Cc2ccc(O)cc2)C1=O. The molecule has 28 N–H and O–H groups in total. The number of aliphatic carboxylic acids is 1. The van der Waals surface area contributed by atoms with Crippen LogP contribution in [0.3, 0.4) is 0 Å². The fraction of sp³-hybridized carbons (Fsp3) is 0.446. The lowest BCUT2D eigenvalue weighted by Crippen LogP contribution is -2.62. The minimum Gasteiger partial charge on any atom is -0.508 e. The molecule has 2 aliphatic heterocycles. The van der Waals surface area contributed by atoms with Gasteiger partial charge in [0.15, 0.2) is 11.9 Å².